The van der Waals surface area contributed by atoms with Crippen LogP contribution >= 0.6 is 0 Å². The lowest BCUT2D eigenvalue weighted by Crippen LogP contribution is -2.32. The molecule has 29 heavy (non-hydrogen) atoms. The lowest BCUT2D eigenvalue weighted by Gasteiger charge is -2.14. The highest BCUT2D eigenvalue weighted by atomic mass is 16.6. The Hall–Kier alpha value is -3.81. The Morgan fingerprint density at radius 1 is 1.00 bits per heavy atom. The van der Waals surface area contributed by atoms with Crippen LogP contribution < -0.4 is 0 Å². The highest BCUT2D eigenvalue weighted by Gasteiger charge is 2.35. The summed E-state index contributed by atoms with van der Waals surface area (Å²) in [4.78, 5) is 37.9. The number of aromatic nitrogens is 2. The lowest BCUT2D eigenvalue weighted by molar-refractivity contribution is -0.149. The molecule has 0 N–H and O–H groups in total. The largest absolute Gasteiger partial charge is 0.453 e. The number of hydrogen-bond acceptors (Lipinski definition) is 7. The van der Waals surface area contributed by atoms with Gasteiger partial charge in [0.25, 0.3) is 17.7 Å². The third kappa shape index (κ3) is 3.64. The van der Waals surface area contributed by atoms with Gasteiger partial charge >= 0.3 is 5.97 Å². The Morgan fingerprint density at radius 3 is 2.28 bits per heavy atom. The van der Waals surface area contributed by atoms with Gasteiger partial charge in [0.05, 0.1) is 17.5 Å². The van der Waals surface area contributed by atoms with E-state index in [0.717, 1.165) is 10.5 Å². The van der Waals surface area contributed by atoms with Crippen LogP contribution in [0.1, 0.15) is 46.1 Å². The van der Waals surface area contributed by atoms with Crippen molar-refractivity contribution in [3.8, 4) is 11.5 Å². The number of hydrogen-bond donors (Lipinski definition) is 0. The van der Waals surface area contributed by atoms with E-state index in [1.807, 2.05) is 30.3 Å². The van der Waals surface area contributed by atoms with Crippen molar-refractivity contribution in [2.45, 2.75) is 19.4 Å². The minimum atomic E-state index is -0.755. The third-order valence-electron chi connectivity index (χ3n) is 4.54. The van der Waals surface area contributed by atoms with E-state index in [0.29, 0.717) is 17.0 Å². The maximum absolute atomic E-state index is 12.3. The van der Waals surface area contributed by atoms with Crippen molar-refractivity contribution in [1.82, 2.24) is 15.1 Å². The zero-order valence-electron chi connectivity index (χ0n) is 15.6. The zero-order valence-corrected chi connectivity index (χ0v) is 15.6. The number of carbonyl (C=O) groups is 3. The first-order valence-electron chi connectivity index (χ1n) is 9.08. The van der Waals surface area contributed by atoms with Crippen LogP contribution in [-0.4, -0.2) is 39.4 Å². The maximum atomic E-state index is 12.3. The van der Waals surface area contributed by atoms with Gasteiger partial charge in [0.2, 0.25) is 5.89 Å². The normalized spacial score (nSPS) is 14.0. The Labute approximate surface area is 166 Å². The Bertz CT molecular complexity index is 1040. The fraction of sp³-hybridized carbons (Fsp3) is 0.190. The fourth-order valence-corrected chi connectivity index (χ4v) is 3.05. The van der Waals surface area contributed by atoms with Gasteiger partial charge in [-0.25, -0.2) is 0 Å². The number of imide groups is 1. The summed E-state index contributed by atoms with van der Waals surface area (Å²) >= 11 is 0. The molecule has 0 saturated carbocycles. The minimum absolute atomic E-state index is 0.0585. The SMILES string of the molecule is C[C@H](OC(=O)CCN1C(=O)c2ccccc2C1=O)c1nnc(-c2ccccc2)o1. The van der Waals surface area contributed by atoms with Crippen LogP contribution in [0.5, 0.6) is 0 Å². The third-order valence-corrected chi connectivity index (χ3v) is 4.54. The van der Waals surface area contributed by atoms with Crippen molar-refractivity contribution in [2.75, 3.05) is 6.54 Å². The van der Waals surface area contributed by atoms with Gasteiger partial charge in [-0.1, -0.05) is 30.3 Å². The molecule has 1 aromatic heterocycles. The van der Waals surface area contributed by atoms with Crippen LogP contribution in [0.15, 0.2) is 59.0 Å². The monoisotopic (exact) mass is 391 g/mol. The van der Waals surface area contributed by atoms with Crippen molar-refractivity contribution in [3.63, 3.8) is 0 Å². The van der Waals surface area contributed by atoms with Crippen LogP contribution in [0, 0.1) is 0 Å². The van der Waals surface area contributed by atoms with Gasteiger partial charge in [-0.2, -0.15) is 0 Å². The van der Waals surface area contributed by atoms with Crippen molar-refractivity contribution < 1.29 is 23.5 Å². The highest BCUT2D eigenvalue weighted by Crippen LogP contribution is 2.24. The van der Waals surface area contributed by atoms with Crippen LogP contribution in [0.25, 0.3) is 11.5 Å². The van der Waals surface area contributed by atoms with E-state index in [-0.39, 0.29) is 18.9 Å². The summed E-state index contributed by atoms with van der Waals surface area (Å²) in [7, 11) is 0. The summed E-state index contributed by atoms with van der Waals surface area (Å²) in [5, 5.41) is 7.88. The van der Waals surface area contributed by atoms with E-state index in [2.05, 4.69) is 10.2 Å². The van der Waals surface area contributed by atoms with Crippen molar-refractivity contribution in [1.29, 1.82) is 0 Å². The molecule has 146 valence electrons. The van der Waals surface area contributed by atoms with Crippen molar-refractivity contribution >= 4 is 17.8 Å². The molecule has 8 nitrogen and oxygen atoms in total. The second kappa shape index (κ2) is 7.67. The quantitative estimate of drug-likeness (QED) is 0.470. The average Bonchev–Trinajstić information content (AvgIpc) is 3.32. The molecule has 2 heterocycles. The van der Waals surface area contributed by atoms with Gasteiger partial charge in [0, 0.05) is 12.1 Å². The smallest absolute Gasteiger partial charge is 0.308 e. The molecule has 0 saturated heterocycles. The van der Waals surface area contributed by atoms with E-state index < -0.39 is 23.9 Å². The number of fused-ring (bicyclic) bond motifs is 1. The first kappa shape index (κ1) is 18.5. The number of nitrogens with zero attached hydrogens (tertiary/aromatic N) is 3. The van der Waals surface area contributed by atoms with Gasteiger partial charge < -0.3 is 9.15 Å². The van der Waals surface area contributed by atoms with Crippen LogP contribution in [0.2, 0.25) is 0 Å². The van der Waals surface area contributed by atoms with E-state index in [1.54, 1.807) is 31.2 Å². The number of benzene rings is 2. The number of amides is 2. The molecule has 2 amide bonds. The van der Waals surface area contributed by atoms with Crippen LogP contribution in [0.3, 0.4) is 0 Å². The molecular formula is C21H17N3O5. The Balaban J connectivity index is 1.34. The van der Waals surface area contributed by atoms with E-state index in [1.165, 1.54) is 0 Å². The summed E-state index contributed by atoms with van der Waals surface area (Å²) in [5.41, 5.74) is 1.45. The van der Waals surface area contributed by atoms with Gasteiger partial charge in [-0.05, 0) is 31.2 Å². The van der Waals surface area contributed by atoms with Gasteiger partial charge in [0.1, 0.15) is 0 Å². The predicted octanol–water partition coefficient (Wildman–Crippen LogP) is 3.03. The number of ether oxygens (including phenoxy) is 1. The number of carbonyl (C=O) groups excluding carboxylic acids is 3. The summed E-state index contributed by atoms with van der Waals surface area (Å²) < 4.78 is 10.9. The fourth-order valence-electron chi connectivity index (χ4n) is 3.05. The first-order valence-corrected chi connectivity index (χ1v) is 9.08. The number of esters is 1. The maximum Gasteiger partial charge on any atom is 0.308 e. The highest BCUT2D eigenvalue weighted by molar-refractivity contribution is 6.21. The molecule has 0 radical (unpaired) electrons. The molecule has 0 spiro atoms. The van der Waals surface area contributed by atoms with Gasteiger partial charge in [-0.3, -0.25) is 19.3 Å². The molecule has 4 rings (SSSR count). The molecule has 0 bridgehead atoms. The summed E-state index contributed by atoms with van der Waals surface area (Å²) in [5.74, 6) is -0.896. The molecule has 1 atom stereocenters. The van der Waals surface area contributed by atoms with Crippen molar-refractivity contribution in [2.24, 2.45) is 0 Å². The minimum Gasteiger partial charge on any atom is -0.453 e. The molecule has 0 fully saturated rings. The van der Waals surface area contributed by atoms with E-state index in [4.69, 9.17) is 9.15 Å². The molecule has 3 aromatic rings. The zero-order chi connectivity index (χ0) is 20.4. The average molecular weight is 391 g/mol. The van der Waals surface area contributed by atoms with Crippen molar-refractivity contribution in [3.05, 3.63) is 71.6 Å². The molecular weight excluding hydrogens is 374 g/mol. The molecule has 0 aliphatic carbocycles. The Morgan fingerprint density at radius 2 is 1.62 bits per heavy atom. The molecule has 1 aliphatic heterocycles. The standard InChI is InChI=1S/C21H17N3O5/c1-13(18-22-23-19(29-18)14-7-3-2-4-8-14)28-17(25)11-12-24-20(26)15-9-5-6-10-16(15)21(24)27/h2-10,13H,11-12H2,1H3/t13-/m0/s1. The number of rotatable bonds is 6. The molecule has 8 heteroatoms. The van der Waals surface area contributed by atoms with E-state index in [9.17, 15) is 14.4 Å². The summed E-state index contributed by atoms with van der Waals surface area (Å²) in [6.07, 6.45) is -0.884. The summed E-state index contributed by atoms with van der Waals surface area (Å²) in [6.45, 7) is 1.55. The summed E-state index contributed by atoms with van der Waals surface area (Å²) in [6, 6.07) is 15.8. The molecule has 0 unspecified atom stereocenters. The molecule has 1 aliphatic rings. The van der Waals surface area contributed by atoms with E-state index >= 15 is 0 Å². The predicted molar refractivity (Wildman–Crippen MR) is 101 cm³/mol. The van der Waals surface area contributed by atoms with Gasteiger partial charge in [0.15, 0.2) is 6.10 Å². The second-order valence-electron chi connectivity index (χ2n) is 6.50. The van der Waals surface area contributed by atoms with Gasteiger partial charge in [-0.15, -0.1) is 10.2 Å². The lowest BCUT2D eigenvalue weighted by atomic mass is 10.1. The molecule has 2 aromatic carbocycles. The van der Waals surface area contributed by atoms with Crippen LogP contribution in [-0.2, 0) is 9.53 Å². The topological polar surface area (TPSA) is 103 Å². The van der Waals surface area contributed by atoms with Crippen LogP contribution in [0.4, 0.5) is 0 Å². The Kier molecular flexibility index (Phi) is 4.90. The first-order chi connectivity index (χ1) is 14.0. The second-order valence-corrected chi connectivity index (χ2v) is 6.50.